The highest BCUT2D eigenvalue weighted by Gasteiger charge is 2.11. The number of carbonyl (C=O) groups excluding carboxylic acids is 1. The first-order chi connectivity index (χ1) is 8.83. The lowest BCUT2D eigenvalue weighted by Crippen LogP contribution is -2.15. The van der Waals surface area contributed by atoms with Gasteiger partial charge in [0.2, 0.25) is 0 Å². The van der Waals surface area contributed by atoms with E-state index in [9.17, 15) is 4.79 Å². The number of aromatic nitrogens is 6. The molecule has 3 rings (SSSR count). The first kappa shape index (κ1) is 10.3. The molecule has 3 aromatic rings. The molecule has 2 heterocycles. The summed E-state index contributed by atoms with van der Waals surface area (Å²) in [5, 5.41) is 15.2. The zero-order valence-corrected chi connectivity index (χ0v) is 9.03. The summed E-state index contributed by atoms with van der Waals surface area (Å²) in [6, 6.07) is 7.30. The topological polar surface area (TPSA) is 109 Å². The van der Waals surface area contributed by atoms with Crippen LogP contribution < -0.4 is 5.32 Å². The van der Waals surface area contributed by atoms with Crippen molar-refractivity contribution in [3.63, 3.8) is 0 Å². The minimum atomic E-state index is -0.436. The molecular weight excluding hydrogens is 234 g/mol. The Hall–Kier alpha value is -2.90. The Morgan fingerprint density at radius 1 is 1.22 bits per heavy atom. The number of nitrogens with one attached hydrogen (secondary N) is 2. The highest BCUT2D eigenvalue weighted by molar-refractivity contribution is 6.02. The van der Waals surface area contributed by atoms with Gasteiger partial charge in [-0.3, -0.25) is 15.1 Å². The number of aromatic amines is 1. The summed E-state index contributed by atoms with van der Waals surface area (Å²) < 4.78 is 0. The van der Waals surface area contributed by atoms with Crippen LogP contribution in [0, 0.1) is 0 Å². The maximum absolute atomic E-state index is 11.8. The summed E-state index contributed by atoms with van der Waals surface area (Å²) in [7, 11) is 0. The molecule has 0 spiro atoms. The van der Waals surface area contributed by atoms with Crippen LogP contribution in [0.25, 0.3) is 11.0 Å². The van der Waals surface area contributed by atoms with Gasteiger partial charge in [-0.25, -0.2) is 4.98 Å². The van der Waals surface area contributed by atoms with Crippen molar-refractivity contribution < 1.29 is 4.79 Å². The number of para-hydroxylation sites is 2. The maximum Gasteiger partial charge on any atom is 0.278 e. The second-order valence-corrected chi connectivity index (χ2v) is 3.43. The van der Waals surface area contributed by atoms with E-state index in [1.807, 2.05) is 18.2 Å². The van der Waals surface area contributed by atoms with E-state index < -0.39 is 5.91 Å². The molecule has 1 aromatic carbocycles. The Morgan fingerprint density at radius 2 is 2.06 bits per heavy atom. The average Bonchev–Trinajstić information content (AvgIpc) is 2.91. The highest BCUT2D eigenvalue weighted by Crippen LogP contribution is 2.09. The van der Waals surface area contributed by atoms with Crippen LogP contribution in [0.1, 0.15) is 10.5 Å². The van der Waals surface area contributed by atoms with Crippen molar-refractivity contribution in [3.05, 3.63) is 36.2 Å². The second-order valence-electron chi connectivity index (χ2n) is 3.43. The third kappa shape index (κ3) is 1.86. The van der Waals surface area contributed by atoms with Crippen LogP contribution in [0.2, 0.25) is 0 Å². The molecule has 1 amide bonds. The van der Waals surface area contributed by atoms with E-state index in [4.69, 9.17) is 0 Å². The number of amides is 1. The van der Waals surface area contributed by atoms with Crippen molar-refractivity contribution in [3.8, 4) is 0 Å². The average molecular weight is 241 g/mol. The molecule has 2 N–H and O–H groups in total. The van der Waals surface area contributed by atoms with Crippen LogP contribution in [0.15, 0.2) is 30.5 Å². The van der Waals surface area contributed by atoms with Gasteiger partial charge in [-0.1, -0.05) is 17.2 Å². The summed E-state index contributed by atoms with van der Waals surface area (Å²) in [4.78, 5) is 20.2. The van der Waals surface area contributed by atoms with E-state index in [0.29, 0.717) is 5.52 Å². The van der Waals surface area contributed by atoms with E-state index in [2.05, 4.69) is 35.9 Å². The van der Waals surface area contributed by atoms with E-state index in [1.54, 1.807) is 6.07 Å². The Bertz CT molecular complexity index is 694. The van der Waals surface area contributed by atoms with Crippen molar-refractivity contribution in [2.75, 3.05) is 5.32 Å². The molecule has 0 atom stereocenters. The van der Waals surface area contributed by atoms with Crippen LogP contribution in [-0.4, -0.2) is 36.5 Å². The molecule has 0 aliphatic carbocycles. The van der Waals surface area contributed by atoms with Crippen molar-refractivity contribution >= 4 is 22.9 Å². The van der Waals surface area contributed by atoms with Crippen molar-refractivity contribution in [1.82, 2.24) is 30.6 Å². The highest BCUT2D eigenvalue weighted by atomic mass is 16.2. The number of anilines is 1. The Morgan fingerprint density at radius 3 is 2.83 bits per heavy atom. The van der Waals surface area contributed by atoms with Crippen molar-refractivity contribution in [2.45, 2.75) is 0 Å². The zero-order chi connectivity index (χ0) is 12.4. The lowest BCUT2D eigenvalue weighted by molar-refractivity contribution is 0.102. The van der Waals surface area contributed by atoms with E-state index in [-0.39, 0.29) is 11.6 Å². The minimum Gasteiger partial charge on any atom is -0.286 e. The van der Waals surface area contributed by atoms with Gasteiger partial charge in [0.05, 0.1) is 17.2 Å². The Labute approximate surface area is 100 Å². The number of fused-ring (bicyclic) bond motifs is 1. The van der Waals surface area contributed by atoms with Gasteiger partial charge in [-0.15, -0.1) is 5.10 Å². The van der Waals surface area contributed by atoms with Crippen LogP contribution in [-0.2, 0) is 0 Å². The summed E-state index contributed by atoms with van der Waals surface area (Å²) in [6.45, 7) is 0. The smallest absolute Gasteiger partial charge is 0.278 e. The van der Waals surface area contributed by atoms with Crippen LogP contribution in [0.5, 0.6) is 0 Å². The van der Waals surface area contributed by atoms with Crippen molar-refractivity contribution in [1.29, 1.82) is 0 Å². The SMILES string of the molecule is O=C(Nc1nn[nH]n1)c1cnc2ccccc2n1. The lowest BCUT2D eigenvalue weighted by Gasteiger charge is -2.01. The molecular formula is C10H7N7O. The third-order valence-corrected chi connectivity index (χ3v) is 2.25. The number of H-pyrrole nitrogens is 1. The number of hydrogen-bond acceptors (Lipinski definition) is 6. The predicted octanol–water partition coefficient (Wildman–Crippen LogP) is 0.395. The molecule has 0 fully saturated rings. The second kappa shape index (κ2) is 4.17. The fourth-order valence-electron chi connectivity index (χ4n) is 1.45. The Balaban J connectivity index is 1.92. The quantitative estimate of drug-likeness (QED) is 0.671. The summed E-state index contributed by atoms with van der Waals surface area (Å²) in [5.74, 6) is -0.343. The molecule has 8 nitrogen and oxygen atoms in total. The van der Waals surface area contributed by atoms with E-state index in [1.165, 1.54) is 6.20 Å². The van der Waals surface area contributed by atoms with Gasteiger partial charge in [0.25, 0.3) is 11.9 Å². The van der Waals surface area contributed by atoms with Gasteiger partial charge in [-0.05, 0) is 17.3 Å². The molecule has 2 aromatic heterocycles. The van der Waals surface area contributed by atoms with E-state index >= 15 is 0 Å². The summed E-state index contributed by atoms with van der Waals surface area (Å²) >= 11 is 0. The molecule has 0 saturated heterocycles. The van der Waals surface area contributed by atoms with Crippen LogP contribution in [0.3, 0.4) is 0 Å². The standard InChI is InChI=1S/C10H7N7O/c18-9(13-10-14-16-17-15-10)8-5-11-6-3-1-2-4-7(6)12-8/h1-5H,(H2,13,14,15,16,17,18). The first-order valence-electron chi connectivity index (χ1n) is 5.09. The normalized spacial score (nSPS) is 10.4. The molecule has 0 radical (unpaired) electrons. The third-order valence-electron chi connectivity index (χ3n) is 2.25. The fourth-order valence-corrected chi connectivity index (χ4v) is 1.45. The predicted molar refractivity (Wildman–Crippen MR) is 61.7 cm³/mol. The lowest BCUT2D eigenvalue weighted by atomic mass is 10.3. The first-order valence-corrected chi connectivity index (χ1v) is 5.09. The van der Waals surface area contributed by atoms with Crippen molar-refractivity contribution in [2.24, 2.45) is 0 Å². The minimum absolute atomic E-state index is 0.0926. The fraction of sp³-hybridized carbons (Fsp3) is 0. The molecule has 0 aliphatic heterocycles. The van der Waals surface area contributed by atoms with Gasteiger partial charge < -0.3 is 0 Å². The van der Waals surface area contributed by atoms with Gasteiger partial charge in [0.1, 0.15) is 5.69 Å². The number of nitrogens with zero attached hydrogens (tertiary/aromatic N) is 5. The number of tetrazole rings is 1. The number of rotatable bonds is 2. The van der Waals surface area contributed by atoms with E-state index in [0.717, 1.165) is 5.52 Å². The molecule has 8 heteroatoms. The molecule has 0 unspecified atom stereocenters. The Kier molecular flexibility index (Phi) is 2.38. The van der Waals surface area contributed by atoms with Gasteiger partial charge in [-0.2, -0.15) is 5.21 Å². The number of benzene rings is 1. The van der Waals surface area contributed by atoms with Gasteiger partial charge in [0.15, 0.2) is 0 Å². The van der Waals surface area contributed by atoms with Gasteiger partial charge in [0, 0.05) is 0 Å². The maximum atomic E-state index is 11.8. The van der Waals surface area contributed by atoms with Gasteiger partial charge >= 0.3 is 0 Å². The molecule has 18 heavy (non-hydrogen) atoms. The van der Waals surface area contributed by atoms with Crippen LogP contribution in [0.4, 0.5) is 5.95 Å². The zero-order valence-electron chi connectivity index (χ0n) is 9.03. The summed E-state index contributed by atoms with van der Waals surface area (Å²) in [6.07, 6.45) is 1.40. The number of hydrogen-bond donors (Lipinski definition) is 2. The largest absolute Gasteiger partial charge is 0.286 e. The molecule has 0 saturated carbocycles. The van der Waals surface area contributed by atoms with Crippen LogP contribution >= 0.6 is 0 Å². The number of carbonyl (C=O) groups is 1. The molecule has 88 valence electrons. The molecule has 0 bridgehead atoms. The molecule has 0 aliphatic rings. The monoisotopic (exact) mass is 241 g/mol. The summed E-state index contributed by atoms with van der Waals surface area (Å²) in [5.41, 5.74) is 1.57.